The Labute approximate surface area is 101 Å². The number of hydrogen-bond acceptors (Lipinski definition) is 4. The van der Waals surface area contributed by atoms with E-state index < -0.39 is 0 Å². The molecule has 3 nitrogen and oxygen atoms in total. The lowest BCUT2D eigenvalue weighted by Gasteiger charge is -2.14. The van der Waals surface area contributed by atoms with E-state index in [4.69, 9.17) is 4.74 Å². The van der Waals surface area contributed by atoms with E-state index in [1.807, 2.05) is 6.92 Å². The van der Waals surface area contributed by atoms with Crippen LogP contribution in [0.5, 0.6) is 0 Å². The molecule has 1 aromatic rings. The number of aromatic nitrogens is 1. The topological polar surface area (TPSA) is 42.4 Å². The number of methoxy groups -OCH3 is 1. The third-order valence-electron chi connectivity index (χ3n) is 2.61. The first-order valence-electron chi connectivity index (χ1n) is 5.62. The summed E-state index contributed by atoms with van der Waals surface area (Å²) in [5.41, 5.74) is 1.08. The zero-order valence-corrected chi connectivity index (χ0v) is 11.3. The van der Waals surface area contributed by atoms with E-state index >= 15 is 0 Å². The van der Waals surface area contributed by atoms with Crippen molar-refractivity contribution in [1.29, 1.82) is 0 Å². The summed E-state index contributed by atoms with van der Waals surface area (Å²) >= 11 is 1.68. The molecule has 0 aromatic carbocycles. The van der Waals surface area contributed by atoms with Gasteiger partial charge in [0.15, 0.2) is 0 Å². The SMILES string of the molecule is COCC(C)CC(O)Cc1nc(C)c(C)s1. The number of nitrogens with zero attached hydrogens (tertiary/aromatic N) is 1. The Morgan fingerprint density at radius 3 is 2.62 bits per heavy atom. The fraction of sp³-hybridized carbons (Fsp3) is 0.750. The predicted octanol–water partition coefficient (Wildman–Crippen LogP) is 2.34. The molecule has 0 fully saturated rings. The van der Waals surface area contributed by atoms with Gasteiger partial charge in [-0.2, -0.15) is 0 Å². The van der Waals surface area contributed by atoms with Gasteiger partial charge in [0, 0.05) is 25.0 Å². The van der Waals surface area contributed by atoms with Gasteiger partial charge in [0.05, 0.1) is 16.8 Å². The molecule has 2 atom stereocenters. The highest BCUT2D eigenvalue weighted by atomic mass is 32.1. The third kappa shape index (κ3) is 4.20. The first-order chi connectivity index (χ1) is 7.52. The van der Waals surface area contributed by atoms with Crippen LogP contribution >= 0.6 is 11.3 Å². The van der Waals surface area contributed by atoms with E-state index in [2.05, 4.69) is 18.8 Å². The highest BCUT2D eigenvalue weighted by Gasteiger charge is 2.13. The van der Waals surface area contributed by atoms with Gasteiger partial charge < -0.3 is 9.84 Å². The second kappa shape index (κ2) is 6.33. The first kappa shape index (κ1) is 13.6. The van der Waals surface area contributed by atoms with Crippen LogP contribution in [-0.2, 0) is 11.2 Å². The molecule has 1 rings (SSSR count). The molecule has 0 bridgehead atoms. The Morgan fingerprint density at radius 1 is 1.44 bits per heavy atom. The highest BCUT2D eigenvalue weighted by Crippen LogP contribution is 2.19. The second-order valence-electron chi connectivity index (χ2n) is 4.40. The van der Waals surface area contributed by atoms with Crippen molar-refractivity contribution in [3.63, 3.8) is 0 Å². The van der Waals surface area contributed by atoms with E-state index in [9.17, 15) is 5.11 Å². The van der Waals surface area contributed by atoms with Gasteiger partial charge in [0.1, 0.15) is 0 Å². The van der Waals surface area contributed by atoms with Crippen LogP contribution in [0.1, 0.15) is 28.9 Å². The zero-order chi connectivity index (χ0) is 12.1. The zero-order valence-electron chi connectivity index (χ0n) is 10.5. The van der Waals surface area contributed by atoms with E-state index in [0.29, 0.717) is 18.9 Å². The fourth-order valence-corrected chi connectivity index (χ4v) is 2.73. The van der Waals surface area contributed by atoms with Crippen LogP contribution in [0.3, 0.4) is 0 Å². The smallest absolute Gasteiger partial charge is 0.0956 e. The summed E-state index contributed by atoms with van der Waals surface area (Å²) in [4.78, 5) is 5.67. The molecule has 0 aliphatic rings. The predicted molar refractivity (Wildman–Crippen MR) is 67.0 cm³/mol. The lowest BCUT2D eigenvalue weighted by molar-refractivity contribution is 0.102. The minimum absolute atomic E-state index is 0.310. The number of aryl methyl sites for hydroxylation is 2. The maximum atomic E-state index is 9.91. The number of hydrogen-bond donors (Lipinski definition) is 1. The Hall–Kier alpha value is -0.450. The third-order valence-corrected chi connectivity index (χ3v) is 3.70. The second-order valence-corrected chi connectivity index (χ2v) is 5.69. The number of thiazole rings is 1. The average Bonchev–Trinajstić information content (AvgIpc) is 2.45. The van der Waals surface area contributed by atoms with E-state index in [-0.39, 0.29) is 6.10 Å². The number of aliphatic hydroxyl groups excluding tert-OH is 1. The molecular formula is C12H21NO2S. The maximum absolute atomic E-state index is 9.91. The van der Waals surface area contributed by atoms with Gasteiger partial charge in [-0.25, -0.2) is 4.98 Å². The summed E-state index contributed by atoms with van der Waals surface area (Å²) in [7, 11) is 1.69. The molecule has 1 heterocycles. The monoisotopic (exact) mass is 243 g/mol. The Balaban J connectivity index is 2.42. The molecular weight excluding hydrogens is 222 g/mol. The summed E-state index contributed by atoms with van der Waals surface area (Å²) in [6.07, 6.45) is 1.12. The summed E-state index contributed by atoms with van der Waals surface area (Å²) in [5, 5.41) is 10.9. The van der Waals surface area contributed by atoms with E-state index in [1.54, 1.807) is 18.4 Å². The van der Waals surface area contributed by atoms with Gasteiger partial charge in [0.25, 0.3) is 0 Å². The van der Waals surface area contributed by atoms with Crippen molar-refractivity contribution in [2.75, 3.05) is 13.7 Å². The molecule has 4 heteroatoms. The Morgan fingerprint density at radius 2 is 2.12 bits per heavy atom. The van der Waals surface area contributed by atoms with Crippen molar-refractivity contribution < 1.29 is 9.84 Å². The van der Waals surface area contributed by atoms with Crippen LogP contribution < -0.4 is 0 Å². The first-order valence-corrected chi connectivity index (χ1v) is 6.44. The normalized spacial score (nSPS) is 15.1. The maximum Gasteiger partial charge on any atom is 0.0956 e. The largest absolute Gasteiger partial charge is 0.393 e. The number of aliphatic hydroxyl groups is 1. The molecule has 0 saturated carbocycles. The van der Waals surface area contributed by atoms with E-state index in [1.165, 1.54) is 4.88 Å². The van der Waals surface area contributed by atoms with Gasteiger partial charge in [-0.1, -0.05) is 6.92 Å². The molecule has 1 aromatic heterocycles. The summed E-state index contributed by atoms with van der Waals surface area (Å²) in [6.45, 7) is 6.86. The summed E-state index contributed by atoms with van der Waals surface area (Å²) in [5.74, 6) is 0.391. The average molecular weight is 243 g/mol. The number of ether oxygens (including phenoxy) is 1. The van der Waals surface area contributed by atoms with E-state index in [0.717, 1.165) is 17.1 Å². The van der Waals surface area contributed by atoms with Gasteiger partial charge in [0.2, 0.25) is 0 Å². The van der Waals surface area contributed by atoms with Crippen LogP contribution in [-0.4, -0.2) is 29.9 Å². The molecule has 0 spiro atoms. The summed E-state index contributed by atoms with van der Waals surface area (Å²) < 4.78 is 5.05. The molecule has 0 aliphatic heterocycles. The van der Waals surface area contributed by atoms with Crippen molar-refractivity contribution in [3.05, 3.63) is 15.6 Å². The fourth-order valence-electron chi connectivity index (χ4n) is 1.73. The summed E-state index contributed by atoms with van der Waals surface area (Å²) in [6, 6.07) is 0. The highest BCUT2D eigenvalue weighted by molar-refractivity contribution is 7.11. The van der Waals surface area contributed by atoms with Gasteiger partial charge in [-0.05, 0) is 26.2 Å². The molecule has 2 unspecified atom stereocenters. The molecule has 0 amide bonds. The minimum atomic E-state index is -0.310. The molecule has 0 saturated heterocycles. The standard InChI is InChI=1S/C12H21NO2S/c1-8(7-15-4)5-11(14)6-12-13-9(2)10(3)16-12/h8,11,14H,5-7H2,1-4H3. The molecule has 92 valence electrons. The van der Waals surface area contributed by atoms with Crippen LogP contribution in [0.4, 0.5) is 0 Å². The van der Waals surface area contributed by atoms with Crippen molar-refractivity contribution in [2.24, 2.45) is 5.92 Å². The number of rotatable bonds is 6. The van der Waals surface area contributed by atoms with Crippen LogP contribution in [0, 0.1) is 19.8 Å². The van der Waals surface area contributed by atoms with Crippen molar-refractivity contribution in [3.8, 4) is 0 Å². The Kier molecular flexibility index (Phi) is 5.38. The molecule has 0 aliphatic carbocycles. The lowest BCUT2D eigenvalue weighted by Crippen LogP contribution is -2.17. The van der Waals surface area contributed by atoms with Gasteiger partial charge in [-0.15, -0.1) is 11.3 Å². The van der Waals surface area contributed by atoms with Crippen LogP contribution in [0.15, 0.2) is 0 Å². The molecule has 1 N–H and O–H groups in total. The van der Waals surface area contributed by atoms with Crippen molar-refractivity contribution in [2.45, 2.75) is 39.7 Å². The molecule has 0 radical (unpaired) electrons. The van der Waals surface area contributed by atoms with Crippen molar-refractivity contribution >= 4 is 11.3 Å². The van der Waals surface area contributed by atoms with Gasteiger partial charge >= 0.3 is 0 Å². The van der Waals surface area contributed by atoms with Crippen LogP contribution in [0.25, 0.3) is 0 Å². The molecule has 16 heavy (non-hydrogen) atoms. The van der Waals surface area contributed by atoms with Crippen molar-refractivity contribution in [1.82, 2.24) is 4.98 Å². The lowest BCUT2D eigenvalue weighted by atomic mass is 10.0. The quantitative estimate of drug-likeness (QED) is 0.834. The Bertz CT molecular complexity index is 305. The van der Waals surface area contributed by atoms with Gasteiger partial charge in [-0.3, -0.25) is 0 Å². The minimum Gasteiger partial charge on any atom is -0.393 e. The van der Waals surface area contributed by atoms with Crippen LogP contribution in [0.2, 0.25) is 0 Å².